The fourth-order valence-electron chi connectivity index (χ4n) is 2.02. The molecule has 1 heterocycles. The van der Waals surface area contributed by atoms with Gasteiger partial charge in [-0.2, -0.15) is 8.42 Å². The minimum absolute atomic E-state index is 0.0193. The van der Waals surface area contributed by atoms with E-state index in [1.807, 2.05) is 0 Å². The van der Waals surface area contributed by atoms with Crippen molar-refractivity contribution in [2.24, 2.45) is 0 Å². The van der Waals surface area contributed by atoms with E-state index in [9.17, 15) is 13.5 Å². The van der Waals surface area contributed by atoms with Crippen LogP contribution in [0.5, 0.6) is 16.7 Å². The van der Waals surface area contributed by atoms with Crippen LogP contribution >= 0.6 is 11.3 Å². The highest BCUT2D eigenvalue weighted by molar-refractivity contribution is 7.87. The van der Waals surface area contributed by atoms with Crippen LogP contribution in [0.2, 0.25) is 0 Å². The lowest BCUT2D eigenvalue weighted by Gasteiger charge is -2.07. The highest BCUT2D eigenvalue weighted by Gasteiger charge is 2.23. The number of para-hydroxylation sites is 1. The summed E-state index contributed by atoms with van der Waals surface area (Å²) >= 11 is 1.08. The number of thiazole rings is 1. The Hall–Kier alpha value is -2.32. The largest absolute Gasteiger partial charge is 0.506 e. The SMILES string of the molecule is COc1ccc2nc(OS(=O)(=O)c3cccc(C)c3O)sc2c1. The highest BCUT2D eigenvalue weighted by atomic mass is 32.2. The molecule has 0 spiro atoms. The van der Waals surface area contributed by atoms with E-state index in [4.69, 9.17) is 8.92 Å². The minimum atomic E-state index is -4.16. The molecule has 0 saturated heterocycles. The van der Waals surface area contributed by atoms with Gasteiger partial charge in [0, 0.05) is 0 Å². The second-order valence-electron chi connectivity index (χ2n) is 4.77. The number of fused-ring (bicyclic) bond motifs is 1. The summed E-state index contributed by atoms with van der Waals surface area (Å²) in [5, 5.41) is 9.91. The summed E-state index contributed by atoms with van der Waals surface area (Å²) in [5.74, 6) is 0.321. The number of phenolic OH excluding ortho intramolecular Hbond substituents is 1. The van der Waals surface area contributed by atoms with Crippen molar-refractivity contribution in [3.8, 4) is 16.7 Å². The molecule has 8 heteroatoms. The molecular formula is C15H13NO5S2. The molecule has 0 amide bonds. The second-order valence-corrected chi connectivity index (χ2v) is 7.28. The number of methoxy groups -OCH3 is 1. The van der Waals surface area contributed by atoms with Crippen LogP contribution in [0.1, 0.15) is 5.56 Å². The smallest absolute Gasteiger partial charge is 0.345 e. The number of ether oxygens (including phenoxy) is 1. The maximum Gasteiger partial charge on any atom is 0.345 e. The van der Waals surface area contributed by atoms with Gasteiger partial charge in [0.15, 0.2) is 0 Å². The van der Waals surface area contributed by atoms with Gasteiger partial charge in [-0.05, 0) is 36.8 Å². The molecule has 0 unspecified atom stereocenters. The van der Waals surface area contributed by atoms with Gasteiger partial charge in [-0.25, -0.2) is 4.98 Å². The summed E-state index contributed by atoms with van der Waals surface area (Å²) in [6.45, 7) is 1.61. The Morgan fingerprint density at radius 2 is 2.00 bits per heavy atom. The Kier molecular flexibility index (Phi) is 3.87. The van der Waals surface area contributed by atoms with Crippen LogP contribution in [0.25, 0.3) is 10.2 Å². The van der Waals surface area contributed by atoms with Gasteiger partial charge in [-0.3, -0.25) is 0 Å². The van der Waals surface area contributed by atoms with Gasteiger partial charge in [0.2, 0.25) is 0 Å². The first-order valence-corrected chi connectivity index (χ1v) is 8.81. The summed E-state index contributed by atoms with van der Waals surface area (Å²) in [6, 6.07) is 9.62. The van der Waals surface area contributed by atoms with E-state index in [2.05, 4.69) is 4.98 Å². The number of phenols is 1. The molecule has 6 nitrogen and oxygen atoms in total. The number of aromatic hydroxyl groups is 1. The summed E-state index contributed by atoms with van der Waals surface area (Å²) in [5.41, 5.74) is 1.05. The van der Waals surface area contributed by atoms with Gasteiger partial charge in [0.1, 0.15) is 16.4 Å². The molecule has 0 atom stereocenters. The third kappa shape index (κ3) is 2.95. The van der Waals surface area contributed by atoms with Crippen molar-refractivity contribution in [1.29, 1.82) is 0 Å². The molecule has 0 saturated carbocycles. The average Bonchev–Trinajstić information content (AvgIpc) is 2.89. The molecule has 0 bridgehead atoms. The lowest BCUT2D eigenvalue weighted by Crippen LogP contribution is -2.10. The van der Waals surface area contributed by atoms with Crippen LogP contribution in [0.15, 0.2) is 41.3 Å². The van der Waals surface area contributed by atoms with Crippen molar-refractivity contribution < 1.29 is 22.4 Å². The number of hydrogen-bond donors (Lipinski definition) is 1. The van der Waals surface area contributed by atoms with Crippen LogP contribution < -0.4 is 8.92 Å². The van der Waals surface area contributed by atoms with Crippen molar-refractivity contribution in [1.82, 2.24) is 4.98 Å². The number of rotatable bonds is 4. The Labute approximate surface area is 137 Å². The topological polar surface area (TPSA) is 85.7 Å². The van der Waals surface area contributed by atoms with Gasteiger partial charge >= 0.3 is 10.1 Å². The molecule has 0 aliphatic carbocycles. The van der Waals surface area contributed by atoms with E-state index in [1.165, 1.54) is 12.1 Å². The molecular weight excluding hydrogens is 338 g/mol. The van der Waals surface area contributed by atoms with Crippen LogP contribution in [-0.2, 0) is 10.1 Å². The molecule has 120 valence electrons. The van der Waals surface area contributed by atoms with Gasteiger partial charge < -0.3 is 14.0 Å². The highest BCUT2D eigenvalue weighted by Crippen LogP contribution is 2.34. The molecule has 3 aromatic rings. The Balaban J connectivity index is 1.98. The number of nitrogens with zero attached hydrogens (tertiary/aromatic N) is 1. The zero-order valence-corrected chi connectivity index (χ0v) is 13.9. The van der Waals surface area contributed by atoms with Crippen molar-refractivity contribution in [3.63, 3.8) is 0 Å². The minimum Gasteiger partial charge on any atom is -0.506 e. The van der Waals surface area contributed by atoms with Crippen molar-refractivity contribution >= 4 is 31.7 Å². The standard InChI is InChI=1S/C15H13NO5S2/c1-9-4-3-5-13(14(9)17)23(18,19)21-15-16-11-7-6-10(20-2)8-12(11)22-15/h3-8,17H,1-2H3. The average molecular weight is 351 g/mol. The molecule has 0 aliphatic rings. The Morgan fingerprint density at radius 1 is 1.22 bits per heavy atom. The summed E-state index contributed by atoms with van der Waals surface area (Å²) in [4.78, 5) is 3.85. The fourth-order valence-corrected chi connectivity index (χ4v) is 4.11. The second kappa shape index (κ2) is 5.71. The normalized spacial score (nSPS) is 11.6. The number of hydrogen-bond acceptors (Lipinski definition) is 7. The van der Waals surface area contributed by atoms with Crippen LogP contribution in [0.3, 0.4) is 0 Å². The zero-order chi connectivity index (χ0) is 16.6. The lowest BCUT2D eigenvalue weighted by molar-refractivity contribution is 0.415. The zero-order valence-electron chi connectivity index (χ0n) is 12.3. The first kappa shape index (κ1) is 15.6. The lowest BCUT2D eigenvalue weighted by atomic mass is 10.2. The molecule has 3 rings (SSSR count). The van der Waals surface area contributed by atoms with Gasteiger partial charge in [-0.1, -0.05) is 23.5 Å². The van der Waals surface area contributed by atoms with Crippen molar-refractivity contribution in [2.45, 2.75) is 11.8 Å². The Morgan fingerprint density at radius 3 is 2.74 bits per heavy atom. The van der Waals surface area contributed by atoms with Crippen LogP contribution in [-0.4, -0.2) is 25.6 Å². The molecule has 23 heavy (non-hydrogen) atoms. The molecule has 1 N–H and O–H groups in total. The summed E-state index contributed by atoms with van der Waals surface area (Å²) in [7, 11) is -2.62. The van der Waals surface area contributed by atoms with Gasteiger partial charge in [0.25, 0.3) is 5.19 Å². The fraction of sp³-hybridized carbons (Fsp3) is 0.133. The number of benzene rings is 2. The first-order valence-electron chi connectivity index (χ1n) is 6.58. The predicted molar refractivity (Wildman–Crippen MR) is 86.8 cm³/mol. The first-order chi connectivity index (χ1) is 10.9. The third-order valence-electron chi connectivity index (χ3n) is 3.23. The summed E-state index contributed by atoms with van der Waals surface area (Å²) in [6.07, 6.45) is 0. The molecule has 0 radical (unpaired) electrons. The molecule has 0 aliphatic heterocycles. The molecule has 2 aromatic carbocycles. The van der Waals surface area contributed by atoms with E-state index < -0.39 is 10.1 Å². The molecule has 0 fully saturated rings. The number of aromatic nitrogens is 1. The molecule has 1 aromatic heterocycles. The van der Waals surface area contributed by atoms with Crippen molar-refractivity contribution in [2.75, 3.05) is 7.11 Å². The maximum atomic E-state index is 12.3. The van der Waals surface area contributed by atoms with Gasteiger partial charge in [-0.15, -0.1) is 0 Å². The van der Waals surface area contributed by atoms with Gasteiger partial charge in [0.05, 0.1) is 17.3 Å². The third-order valence-corrected chi connectivity index (χ3v) is 5.47. The van der Waals surface area contributed by atoms with Crippen LogP contribution in [0, 0.1) is 6.92 Å². The predicted octanol–water partition coefficient (Wildman–Crippen LogP) is 3.09. The Bertz CT molecular complexity index is 979. The summed E-state index contributed by atoms with van der Waals surface area (Å²) < 4.78 is 35.6. The van der Waals surface area contributed by atoms with Crippen molar-refractivity contribution in [3.05, 3.63) is 42.0 Å². The maximum absolute atomic E-state index is 12.3. The van der Waals surface area contributed by atoms with E-state index >= 15 is 0 Å². The quantitative estimate of drug-likeness (QED) is 0.727. The number of aryl methyl sites for hydroxylation is 1. The van der Waals surface area contributed by atoms with E-state index in [1.54, 1.807) is 38.3 Å². The van der Waals surface area contributed by atoms with E-state index in [0.717, 1.165) is 16.0 Å². The van der Waals surface area contributed by atoms with E-state index in [0.29, 0.717) is 16.8 Å². The van der Waals surface area contributed by atoms with Crippen LogP contribution in [0.4, 0.5) is 0 Å². The van der Waals surface area contributed by atoms with E-state index in [-0.39, 0.29) is 15.8 Å². The monoisotopic (exact) mass is 351 g/mol.